The summed E-state index contributed by atoms with van der Waals surface area (Å²) in [5, 5.41) is 3.10. The minimum Gasteiger partial charge on any atom is -0.465 e. The lowest BCUT2D eigenvalue weighted by molar-refractivity contribution is 0.0602. The van der Waals surface area contributed by atoms with E-state index in [-0.39, 0.29) is 11.7 Å². The fourth-order valence-electron chi connectivity index (χ4n) is 1.45. The van der Waals surface area contributed by atoms with Crippen LogP contribution in [0.25, 0.3) is 0 Å². The van der Waals surface area contributed by atoms with Crippen LogP contribution in [-0.2, 0) is 9.47 Å². The van der Waals surface area contributed by atoms with E-state index in [0.717, 1.165) is 0 Å². The summed E-state index contributed by atoms with van der Waals surface area (Å²) in [5.74, 6) is -0.0134. The van der Waals surface area contributed by atoms with E-state index >= 15 is 0 Å². The van der Waals surface area contributed by atoms with Crippen LogP contribution >= 0.6 is 0 Å². The Bertz CT molecular complexity index is 410. The number of hydrogen-bond acceptors (Lipinski definition) is 6. The molecule has 3 N–H and O–H groups in total. The lowest BCUT2D eigenvalue weighted by Crippen LogP contribution is -2.23. The lowest BCUT2D eigenvalue weighted by atomic mass is 10.2. The first-order valence-electron chi connectivity index (χ1n) is 5.77. The zero-order valence-corrected chi connectivity index (χ0v) is 10.9. The molecule has 0 spiro atoms. The Morgan fingerprint density at radius 3 is 2.94 bits per heavy atom. The van der Waals surface area contributed by atoms with E-state index in [0.29, 0.717) is 24.6 Å². The number of nitrogens with zero attached hydrogens (tertiary/aromatic N) is 1. The van der Waals surface area contributed by atoms with Crippen LogP contribution in [0.1, 0.15) is 24.2 Å². The third-order valence-electron chi connectivity index (χ3n) is 2.35. The topological polar surface area (TPSA) is 86.5 Å². The highest BCUT2D eigenvalue weighted by atomic mass is 16.5. The van der Waals surface area contributed by atoms with Crippen LogP contribution in [0, 0.1) is 0 Å². The monoisotopic (exact) mass is 253 g/mol. The number of rotatable bonds is 6. The van der Waals surface area contributed by atoms with Crippen LogP contribution in [0.3, 0.4) is 0 Å². The molecule has 0 amide bonds. The first kappa shape index (κ1) is 14.2. The lowest BCUT2D eigenvalue weighted by Gasteiger charge is -2.16. The van der Waals surface area contributed by atoms with Crippen LogP contribution in [0.5, 0.6) is 0 Å². The first-order chi connectivity index (χ1) is 8.60. The number of carbonyl (C=O) groups excluding carboxylic acids is 1. The van der Waals surface area contributed by atoms with Gasteiger partial charge in [-0.25, -0.2) is 9.78 Å². The van der Waals surface area contributed by atoms with Gasteiger partial charge in [0.2, 0.25) is 0 Å². The zero-order chi connectivity index (χ0) is 13.5. The summed E-state index contributed by atoms with van der Waals surface area (Å²) < 4.78 is 9.93. The predicted molar refractivity (Wildman–Crippen MR) is 69.6 cm³/mol. The molecule has 0 aliphatic carbocycles. The Kier molecular flexibility index (Phi) is 5.38. The van der Waals surface area contributed by atoms with Crippen molar-refractivity contribution >= 4 is 17.5 Å². The van der Waals surface area contributed by atoms with Crippen molar-refractivity contribution in [2.24, 2.45) is 0 Å². The van der Waals surface area contributed by atoms with E-state index in [1.807, 2.05) is 13.8 Å². The molecule has 6 nitrogen and oxygen atoms in total. The highest BCUT2D eigenvalue weighted by Crippen LogP contribution is 2.21. The number of carbonyl (C=O) groups is 1. The Morgan fingerprint density at radius 2 is 2.33 bits per heavy atom. The van der Waals surface area contributed by atoms with Gasteiger partial charge in [0.05, 0.1) is 25.0 Å². The van der Waals surface area contributed by atoms with E-state index in [4.69, 9.17) is 10.5 Å². The molecule has 1 heterocycles. The number of methoxy groups -OCH3 is 1. The molecule has 0 aliphatic heterocycles. The Labute approximate surface area is 106 Å². The van der Waals surface area contributed by atoms with Gasteiger partial charge in [0.25, 0.3) is 0 Å². The summed E-state index contributed by atoms with van der Waals surface area (Å²) in [5.41, 5.74) is 6.46. The number of aromatic nitrogens is 1. The molecule has 1 unspecified atom stereocenters. The SMILES string of the molecule is CCOCC(C)Nc1nccc(C(=O)OC)c1N. The van der Waals surface area contributed by atoms with Crippen molar-refractivity contribution in [1.29, 1.82) is 0 Å². The van der Waals surface area contributed by atoms with E-state index in [1.54, 1.807) is 0 Å². The minimum absolute atomic E-state index is 0.0487. The molecule has 0 saturated heterocycles. The van der Waals surface area contributed by atoms with Crippen molar-refractivity contribution < 1.29 is 14.3 Å². The Balaban J connectivity index is 2.80. The molecular weight excluding hydrogens is 234 g/mol. The summed E-state index contributed by atoms with van der Waals surface area (Å²) in [7, 11) is 1.31. The molecule has 0 aliphatic rings. The van der Waals surface area contributed by atoms with Crippen LogP contribution in [0.4, 0.5) is 11.5 Å². The van der Waals surface area contributed by atoms with Gasteiger partial charge in [0.15, 0.2) is 0 Å². The average molecular weight is 253 g/mol. The maximum absolute atomic E-state index is 11.5. The third kappa shape index (κ3) is 3.59. The van der Waals surface area contributed by atoms with Gasteiger partial charge in [-0.15, -0.1) is 0 Å². The summed E-state index contributed by atoms with van der Waals surface area (Å²) in [6.45, 7) is 5.07. The molecule has 0 radical (unpaired) electrons. The van der Waals surface area contributed by atoms with Gasteiger partial charge in [0, 0.05) is 18.8 Å². The zero-order valence-electron chi connectivity index (χ0n) is 10.9. The average Bonchev–Trinajstić information content (AvgIpc) is 2.38. The van der Waals surface area contributed by atoms with E-state index < -0.39 is 5.97 Å². The second-order valence-electron chi connectivity index (χ2n) is 3.82. The van der Waals surface area contributed by atoms with Gasteiger partial charge < -0.3 is 20.5 Å². The molecular formula is C12H19N3O3. The van der Waals surface area contributed by atoms with Crippen molar-refractivity contribution in [1.82, 2.24) is 4.98 Å². The van der Waals surface area contributed by atoms with Crippen molar-refractivity contribution in [3.63, 3.8) is 0 Å². The quantitative estimate of drug-likeness (QED) is 0.743. The molecule has 6 heteroatoms. The van der Waals surface area contributed by atoms with Gasteiger partial charge in [0.1, 0.15) is 5.82 Å². The number of esters is 1. The van der Waals surface area contributed by atoms with Crippen molar-refractivity contribution in [3.05, 3.63) is 17.8 Å². The van der Waals surface area contributed by atoms with Crippen LogP contribution < -0.4 is 11.1 Å². The van der Waals surface area contributed by atoms with Crippen molar-refractivity contribution in [3.8, 4) is 0 Å². The van der Waals surface area contributed by atoms with Gasteiger partial charge in [-0.3, -0.25) is 0 Å². The van der Waals surface area contributed by atoms with Crippen LogP contribution in [0.15, 0.2) is 12.3 Å². The fourth-order valence-corrected chi connectivity index (χ4v) is 1.45. The van der Waals surface area contributed by atoms with Gasteiger partial charge in [-0.05, 0) is 19.9 Å². The molecule has 100 valence electrons. The number of nitrogens with one attached hydrogen (secondary N) is 1. The maximum Gasteiger partial charge on any atom is 0.340 e. The number of anilines is 2. The van der Waals surface area contributed by atoms with E-state index in [1.165, 1.54) is 19.4 Å². The molecule has 0 bridgehead atoms. The Hall–Kier alpha value is -1.82. The fraction of sp³-hybridized carbons (Fsp3) is 0.500. The van der Waals surface area contributed by atoms with Gasteiger partial charge in [-0.2, -0.15) is 0 Å². The highest BCUT2D eigenvalue weighted by Gasteiger charge is 2.14. The number of ether oxygens (including phenoxy) is 2. The molecule has 1 aromatic rings. The second-order valence-corrected chi connectivity index (χ2v) is 3.82. The molecule has 1 atom stereocenters. The molecule has 0 fully saturated rings. The standard InChI is InChI=1S/C12H19N3O3/c1-4-18-7-8(2)15-11-10(13)9(5-6-14-11)12(16)17-3/h5-6,8H,4,7,13H2,1-3H3,(H,14,15). The normalized spacial score (nSPS) is 11.9. The van der Waals surface area contributed by atoms with Crippen molar-refractivity contribution in [2.75, 3.05) is 31.4 Å². The van der Waals surface area contributed by atoms with Crippen molar-refractivity contribution in [2.45, 2.75) is 19.9 Å². The number of nitrogens with two attached hydrogens (primary N) is 1. The second kappa shape index (κ2) is 6.80. The highest BCUT2D eigenvalue weighted by molar-refractivity contribution is 5.97. The van der Waals surface area contributed by atoms with Crippen LogP contribution in [-0.4, -0.2) is 37.3 Å². The third-order valence-corrected chi connectivity index (χ3v) is 2.35. The summed E-state index contributed by atoms with van der Waals surface area (Å²) in [6, 6.07) is 1.58. The smallest absolute Gasteiger partial charge is 0.340 e. The van der Waals surface area contributed by atoms with Gasteiger partial charge in [-0.1, -0.05) is 0 Å². The molecule has 1 aromatic heterocycles. The summed E-state index contributed by atoms with van der Waals surface area (Å²) >= 11 is 0. The number of nitrogen functional groups attached to an aromatic ring is 1. The van der Waals surface area contributed by atoms with Gasteiger partial charge >= 0.3 is 5.97 Å². The minimum atomic E-state index is -0.476. The predicted octanol–water partition coefficient (Wildman–Crippen LogP) is 1.29. The first-order valence-corrected chi connectivity index (χ1v) is 5.77. The largest absolute Gasteiger partial charge is 0.465 e. The molecule has 0 saturated carbocycles. The summed E-state index contributed by atoms with van der Waals surface area (Å²) in [4.78, 5) is 15.6. The van der Waals surface area contributed by atoms with E-state index in [9.17, 15) is 4.79 Å². The Morgan fingerprint density at radius 1 is 1.61 bits per heavy atom. The van der Waals surface area contributed by atoms with E-state index in [2.05, 4.69) is 15.0 Å². The van der Waals surface area contributed by atoms with Crippen LogP contribution in [0.2, 0.25) is 0 Å². The summed E-state index contributed by atoms with van der Waals surface area (Å²) in [6.07, 6.45) is 1.51. The number of hydrogen-bond donors (Lipinski definition) is 2. The number of pyridine rings is 1. The maximum atomic E-state index is 11.5. The molecule has 1 rings (SSSR count). The molecule has 18 heavy (non-hydrogen) atoms. The molecule has 0 aromatic carbocycles.